The van der Waals surface area contributed by atoms with Crippen molar-refractivity contribution in [2.24, 2.45) is 10.2 Å². The van der Waals surface area contributed by atoms with Crippen molar-refractivity contribution in [2.45, 2.75) is 13.8 Å². The summed E-state index contributed by atoms with van der Waals surface area (Å²) in [7, 11) is 0. The highest BCUT2D eigenvalue weighted by molar-refractivity contribution is 7.13. The van der Waals surface area contributed by atoms with E-state index >= 15 is 0 Å². The van der Waals surface area contributed by atoms with Crippen molar-refractivity contribution in [3.8, 4) is 0 Å². The van der Waals surface area contributed by atoms with Crippen LogP contribution in [0.1, 0.15) is 29.9 Å². The van der Waals surface area contributed by atoms with E-state index < -0.39 is 0 Å². The first-order valence-corrected chi connectivity index (χ1v) is 9.59. The molecule has 0 saturated heterocycles. The maximum atomic E-state index is 12.1. The van der Waals surface area contributed by atoms with Crippen LogP contribution in [0.15, 0.2) is 58.7 Å². The van der Waals surface area contributed by atoms with Crippen LogP contribution in [0.4, 0.5) is 5.69 Å². The molecule has 5 nitrogen and oxygen atoms in total. The number of carbonyl (C=O) groups excluding carboxylic acids is 1. The average molecular weight is 383 g/mol. The van der Waals surface area contributed by atoms with E-state index in [4.69, 9.17) is 0 Å². The molecule has 0 aliphatic carbocycles. The first-order valence-electron chi connectivity index (χ1n) is 7.95. The Morgan fingerprint density at radius 2 is 1.42 bits per heavy atom. The normalized spacial score (nSPS) is 11.3. The summed E-state index contributed by atoms with van der Waals surface area (Å²) in [5.41, 5.74) is 6.83. The van der Waals surface area contributed by atoms with Crippen molar-refractivity contribution in [2.75, 3.05) is 5.43 Å². The Bertz CT molecular complexity index is 939. The van der Waals surface area contributed by atoms with Crippen LogP contribution in [0.25, 0.3) is 0 Å². The average Bonchev–Trinajstić information content (AvgIpc) is 3.23. The Hall–Kier alpha value is -2.77. The first-order chi connectivity index (χ1) is 12.6. The highest BCUT2D eigenvalue weighted by Crippen LogP contribution is 2.14. The molecule has 0 atom stereocenters. The number of thiophene rings is 2. The molecule has 0 unspecified atom stereocenters. The Balaban J connectivity index is 1.52. The van der Waals surface area contributed by atoms with Crippen LogP contribution in [0.2, 0.25) is 0 Å². The number of hydrogen-bond donors (Lipinski definition) is 2. The zero-order valence-corrected chi connectivity index (χ0v) is 16.0. The summed E-state index contributed by atoms with van der Waals surface area (Å²) >= 11 is 3.30. The molecule has 3 rings (SSSR count). The highest BCUT2D eigenvalue weighted by Gasteiger charge is 2.03. The summed E-state index contributed by atoms with van der Waals surface area (Å²) in [5.74, 6) is -0.251. The molecule has 3 aromatic rings. The van der Waals surface area contributed by atoms with Gasteiger partial charge in [-0.15, -0.1) is 22.7 Å². The lowest BCUT2D eigenvalue weighted by Crippen LogP contribution is -2.17. The molecule has 2 N–H and O–H groups in total. The Labute approximate surface area is 160 Å². The summed E-state index contributed by atoms with van der Waals surface area (Å²) in [5, 5.41) is 8.18. The van der Waals surface area contributed by atoms with Crippen molar-refractivity contribution in [3.63, 3.8) is 0 Å². The standard InChI is InChI=1S/C19H18N4OS2/c1-13-3-9-17(25-13)11-20-22-16-7-5-15(6-8-16)19(24)23-21-12-18-10-4-14(2)26-18/h3-12,22H,1-2H3,(H,23,24)/b20-11+,21-12+. The molecule has 132 valence electrons. The Kier molecular flexibility index (Phi) is 5.93. The van der Waals surface area contributed by atoms with E-state index in [1.165, 1.54) is 9.75 Å². The van der Waals surface area contributed by atoms with Crippen LogP contribution in [0.5, 0.6) is 0 Å². The van der Waals surface area contributed by atoms with Gasteiger partial charge in [0, 0.05) is 25.1 Å². The van der Waals surface area contributed by atoms with Crippen molar-refractivity contribution in [3.05, 3.63) is 73.6 Å². The molecule has 2 aromatic heterocycles. The van der Waals surface area contributed by atoms with Gasteiger partial charge in [-0.2, -0.15) is 10.2 Å². The third-order valence-corrected chi connectivity index (χ3v) is 5.28. The Morgan fingerprint density at radius 1 is 0.846 bits per heavy atom. The number of benzene rings is 1. The maximum Gasteiger partial charge on any atom is 0.271 e. The molecular formula is C19H18N4OS2. The number of aryl methyl sites for hydroxylation is 2. The lowest BCUT2D eigenvalue weighted by atomic mass is 10.2. The van der Waals surface area contributed by atoms with Crippen LogP contribution < -0.4 is 10.9 Å². The molecule has 2 heterocycles. The maximum absolute atomic E-state index is 12.1. The summed E-state index contributed by atoms with van der Waals surface area (Å²) in [6, 6.07) is 15.1. The number of carbonyl (C=O) groups is 1. The number of nitrogens with zero attached hydrogens (tertiary/aromatic N) is 2. The fraction of sp³-hybridized carbons (Fsp3) is 0.105. The van der Waals surface area contributed by atoms with Crippen molar-refractivity contribution < 1.29 is 4.79 Å². The molecule has 1 aromatic carbocycles. The van der Waals surface area contributed by atoms with E-state index in [1.807, 2.05) is 25.1 Å². The van der Waals surface area contributed by atoms with Gasteiger partial charge in [-0.25, -0.2) is 5.43 Å². The second-order valence-electron chi connectivity index (χ2n) is 5.54. The van der Waals surface area contributed by atoms with Gasteiger partial charge in [-0.05, 0) is 62.4 Å². The number of rotatable bonds is 6. The third-order valence-electron chi connectivity index (χ3n) is 3.41. The van der Waals surface area contributed by atoms with Crippen molar-refractivity contribution >= 4 is 46.7 Å². The molecule has 0 saturated carbocycles. The van der Waals surface area contributed by atoms with Gasteiger partial charge in [-0.1, -0.05) is 0 Å². The predicted octanol–water partition coefficient (Wildman–Crippen LogP) is 4.64. The quantitative estimate of drug-likeness (QED) is 0.482. The van der Waals surface area contributed by atoms with Crippen molar-refractivity contribution in [1.82, 2.24) is 5.43 Å². The first kappa shape index (κ1) is 18.0. The van der Waals surface area contributed by atoms with E-state index in [-0.39, 0.29) is 5.91 Å². The smallest absolute Gasteiger partial charge is 0.271 e. The summed E-state index contributed by atoms with van der Waals surface area (Å²) < 4.78 is 0. The van der Waals surface area contributed by atoms with Gasteiger partial charge in [0.2, 0.25) is 0 Å². The van der Waals surface area contributed by atoms with Gasteiger partial charge in [-0.3, -0.25) is 10.2 Å². The van der Waals surface area contributed by atoms with Gasteiger partial charge >= 0.3 is 0 Å². The molecular weight excluding hydrogens is 364 g/mol. The zero-order chi connectivity index (χ0) is 18.4. The van der Waals surface area contributed by atoms with E-state index in [0.717, 1.165) is 15.4 Å². The molecule has 0 bridgehead atoms. The second kappa shape index (κ2) is 8.55. The van der Waals surface area contributed by atoms with E-state index in [2.05, 4.69) is 34.0 Å². The molecule has 0 aliphatic rings. The van der Waals surface area contributed by atoms with Crippen LogP contribution in [-0.4, -0.2) is 18.3 Å². The van der Waals surface area contributed by atoms with Crippen LogP contribution in [0.3, 0.4) is 0 Å². The SMILES string of the molecule is Cc1ccc(/C=N/NC(=O)c2ccc(N/N=C/c3ccc(C)s3)cc2)s1. The number of hydrogen-bond acceptors (Lipinski definition) is 6. The zero-order valence-electron chi connectivity index (χ0n) is 14.4. The molecule has 0 aliphatic heterocycles. The number of hydrazone groups is 2. The number of anilines is 1. The minimum atomic E-state index is -0.251. The molecule has 0 radical (unpaired) electrons. The second-order valence-corrected chi connectivity index (χ2v) is 8.18. The summed E-state index contributed by atoms with van der Waals surface area (Å²) in [4.78, 5) is 16.6. The monoisotopic (exact) mass is 382 g/mol. The predicted molar refractivity (Wildman–Crippen MR) is 111 cm³/mol. The molecule has 0 spiro atoms. The molecule has 0 fully saturated rings. The Morgan fingerprint density at radius 3 is 1.96 bits per heavy atom. The number of amides is 1. The van der Waals surface area contributed by atoms with Gasteiger partial charge < -0.3 is 0 Å². The third kappa shape index (κ3) is 5.11. The molecule has 26 heavy (non-hydrogen) atoms. The van der Waals surface area contributed by atoms with E-state index in [9.17, 15) is 4.79 Å². The summed E-state index contributed by atoms with van der Waals surface area (Å²) in [6.07, 6.45) is 3.42. The van der Waals surface area contributed by atoms with Gasteiger partial charge in [0.05, 0.1) is 18.1 Å². The van der Waals surface area contributed by atoms with Crippen molar-refractivity contribution in [1.29, 1.82) is 0 Å². The number of nitrogens with one attached hydrogen (secondary N) is 2. The van der Waals surface area contributed by atoms with Gasteiger partial charge in [0.25, 0.3) is 5.91 Å². The summed E-state index contributed by atoms with van der Waals surface area (Å²) in [6.45, 7) is 4.09. The molecule has 7 heteroatoms. The minimum absolute atomic E-state index is 0.251. The van der Waals surface area contributed by atoms with Crippen LogP contribution >= 0.6 is 22.7 Å². The van der Waals surface area contributed by atoms with E-state index in [1.54, 1.807) is 59.4 Å². The molecule has 1 amide bonds. The van der Waals surface area contributed by atoms with Gasteiger partial charge in [0.15, 0.2) is 0 Å². The van der Waals surface area contributed by atoms with E-state index in [0.29, 0.717) is 5.56 Å². The van der Waals surface area contributed by atoms with Gasteiger partial charge in [0.1, 0.15) is 0 Å². The lowest BCUT2D eigenvalue weighted by Gasteiger charge is -2.02. The minimum Gasteiger partial charge on any atom is -0.278 e. The largest absolute Gasteiger partial charge is 0.278 e. The van der Waals surface area contributed by atoms with Crippen LogP contribution in [0, 0.1) is 13.8 Å². The fourth-order valence-corrected chi connectivity index (χ4v) is 3.63. The topological polar surface area (TPSA) is 65.8 Å². The lowest BCUT2D eigenvalue weighted by molar-refractivity contribution is 0.0955. The fourth-order valence-electron chi connectivity index (χ4n) is 2.13. The van der Waals surface area contributed by atoms with Crippen LogP contribution in [-0.2, 0) is 0 Å². The highest BCUT2D eigenvalue weighted by atomic mass is 32.1.